The van der Waals surface area contributed by atoms with E-state index in [-0.39, 0.29) is 12.7 Å². The van der Waals surface area contributed by atoms with E-state index in [1.165, 1.54) is 12.8 Å². The monoisotopic (exact) mass is 172 g/mol. The first-order valence-electron chi connectivity index (χ1n) is 4.52. The molecule has 3 nitrogen and oxygen atoms in total. The molecule has 1 N–H and O–H groups in total. The van der Waals surface area contributed by atoms with Crippen LogP contribution in [-0.4, -0.2) is 23.8 Å². The summed E-state index contributed by atoms with van der Waals surface area (Å²) in [6.07, 6.45) is 4.66. The SMILES string of the molecule is C[C@H]1CCC[C@@H](OCC(=O)O)C1. The van der Waals surface area contributed by atoms with Gasteiger partial charge in [-0.2, -0.15) is 0 Å². The fraction of sp³-hybridized carbons (Fsp3) is 0.889. The Labute approximate surface area is 72.7 Å². The maximum Gasteiger partial charge on any atom is 0.329 e. The lowest BCUT2D eigenvalue weighted by Gasteiger charge is -2.26. The minimum absolute atomic E-state index is 0.141. The second kappa shape index (κ2) is 4.45. The number of ether oxygens (including phenoxy) is 1. The van der Waals surface area contributed by atoms with Crippen molar-refractivity contribution in [2.75, 3.05) is 6.61 Å². The van der Waals surface area contributed by atoms with E-state index in [1.807, 2.05) is 0 Å². The van der Waals surface area contributed by atoms with Crippen LogP contribution >= 0.6 is 0 Å². The van der Waals surface area contributed by atoms with E-state index in [2.05, 4.69) is 6.92 Å². The first-order chi connectivity index (χ1) is 5.68. The number of carboxylic acids is 1. The van der Waals surface area contributed by atoms with Crippen LogP contribution in [0.1, 0.15) is 32.6 Å². The Hall–Kier alpha value is -0.570. The van der Waals surface area contributed by atoms with Crippen molar-refractivity contribution in [2.45, 2.75) is 38.7 Å². The third-order valence-corrected chi connectivity index (χ3v) is 2.33. The largest absolute Gasteiger partial charge is 0.480 e. The van der Waals surface area contributed by atoms with Crippen molar-refractivity contribution in [3.8, 4) is 0 Å². The topological polar surface area (TPSA) is 46.5 Å². The van der Waals surface area contributed by atoms with Gasteiger partial charge in [0.15, 0.2) is 0 Å². The first kappa shape index (κ1) is 9.52. The molecule has 0 bridgehead atoms. The minimum atomic E-state index is -0.867. The van der Waals surface area contributed by atoms with Gasteiger partial charge in [-0.1, -0.05) is 19.8 Å². The van der Waals surface area contributed by atoms with Crippen LogP contribution in [0.15, 0.2) is 0 Å². The van der Waals surface area contributed by atoms with Gasteiger partial charge in [0, 0.05) is 0 Å². The van der Waals surface area contributed by atoms with E-state index in [9.17, 15) is 4.79 Å². The molecule has 0 aromatic rings. The summed E-state index contributed by atoms with van der Waals surface area (Å²) in [6, 6.07) is 0. The molecule has 1 saturated carbocycles. The van der Waals surface area contributed by atoms with Crippen molar-refractivity contribution in [1.29, 1.82) is 0 Å². The Bertz CT molecular complexity index is 156. The van der Waals surface area contributed by atoms with Crippen LogP contribution in [0.25, 0.3) is 0 Å². The van der Waals surface area contributed by atoms with Crippen molar-refractivity contribution >= 4 is 5.97 Å². The summed E-state index contributed by atoms with van der Waals surface area (Å²) in [5.41, 5.74) is 0. The summed E-state index contributed by atoms with van der Waals surface area (Å²) in [5.74, 6) is -0.175. The summed E-state index contributed by atoms with van der Waals surface area (Å²) in [7, 11) is 0. The molecule has 1 aliphatic carbocycles. The van der Waals surface area contributed by atoms with Gasteiger partial charge < -0.3 is 9.84 Å². The molecule has 0 amide bonds. The number of hydrogen-bond donors (Lipinski definition) is 1. The normalized spacial score (nSPS) is 30.1. The lowest BCUT2D eigenvalue weighted by molar-refractivity contribution is -0.145. The number of hydrogen-bond acceptors (Lipinski definition) is 2. The smallest absolute Gasteiger partial charge is 0.329 e. The summed E-state index contributed by atoms with van der Waals surface area (Å²) >= 11 is 0. The Balaban J connectivity index is 2.18. The van der Waals surface area contributed by atoms with Gasteiger partial charge in [0.2, 0.25) is 0 Å². The van der Waals surface area contributed by atoms with Crippen molar-refractivity contribution in [3.05, 3.63) is 0 Å². The molecule has 3 heteroatoms. The second-order valence-electron chi connectivity index (χ2n) is 3.60. The molecule has 0 heterocycles. The van der Waals surface area contributed by atoms with Gasteiger partial charge in [0.05, 0.1) is 6.10 Å². The zero-order valence-electron chi connectivity index (χ0n) is 7.45. The van der Waals surface area contributed by atoms with E-state index in [0.717, 1.165) is 12.8 Å². The Morgan fingerprint density at radius 2 is 2.33 bits per heavy atom. The van der Waals surface area contributed by atoms with Crippen LogP contribution in [0, 0.1) is 5.92 Å². The number of rotatable bonds is 3. The number of aliphatic carboxylic acids is 1. The van der Waals surface area contributed by atoms with Crippen LogP contribution in [-0.2, 0) is 9.53 Å². The number of carbonyl (C=O) groups is 1. The van der Waals surface area contributed by atoms with Crippen LogP contribution in [0.4, 0.5) is 0 Å². The van der Waals surface area contributed by atoms with E-state index < -0.39 is 5.97 Å². The second-order valence-corrected chi connectivity index (χ2v) is 3.60. The van der Waals surface area contributed by atoms with E-state index in [4.69, 9.17) is 9.84 Å². The third kappa shape index (κ3) is 3.22. The molecule has 0 radical (unpaired) electrons. The molecule has 2 atom stereocenters. The predicted octanol–water partition coefficient (Wildman–Crippen LogP) is 1.67. The average Bonchev–Trinajstić information content (AvgIpc) is 2.01. The van der Waals surface area contributed by atoms with Gasteiger partial charge in [-0.3, -0.25) is 0 Å². The maximum atomic E-state index is 10.2. The Morgan fingerprint density at radius 1 is 1.58 bits per heavy atom. The van der Waals surface area contributed by atoms with Crippen molar-refractivity contribution in [3.63, 3.8) is 0 Å². The molecule has 1 aliphatic rings. The molecule has 0 aromatic carbocycles. The molecule has 0 saturated heterocycles. The van der Waals surface area contributed by atoms with Crippen molar-refractivity contribution in [2.24, 2.45) is 5.92 Å². The summed E-state index contributed by atoms with van der Waals surface area (Å²) in [4.78, 5) is 10.2. The standard InChI is InChI=1S/C9H16O3/c1-7-3-2-4-8(5-7)12-6-9(10)11/h7-8H,2-6H2,1H3,(H,10,11)/t7-,8+/m0/s1. The average molecular weight is 172 g/mol. The molecule has 0 spiro atoms. The molecule has 70 valence electrons. The molecule has 1 fully saturated rings. The molecule has 1 rings (SSSR count). The minimum Gasteiger partial charge on any atom is -0.480 e. The Morgan fingerprint density at radius 3 is 2.92 bits per heavy atom. The van der Waals surface area contributed by atoms with Crippen molar-refractivity contribution < 1.29 is 14.6 Å². The van der Waals surface area contributed by atoms with Gasteiger partial charge in [-0.15, -0.1) is 0 Å². The highest BCUT2D eigenvalue weighted by molar-refractivity contribution is 5.68. The van der Waals surface area contributed by atoms with Crippen molar-refractivity contribution in [1.82, 2.24) is 0 Å². The van der Waals surface area contributed by atoms with Gasteiger partial charge in [0.25, 0.3) is 0 Å². The molecular weight excluding hydrogens is 156 g/mol. The maximum absolute atomic E-state index is 10.2. The molecule has 0 unspecified atom stereocenters. The highest BCUT2D eigenvalue weighted by Crippen LogP contribution is 2.25. The van der Waals surface area contributed by atoms with E-state index in [0.29, 0.717) is 5.92 Å². The fourth-order valence-corrected chi connectivity index (χ4v) is 1.72. The van der Waals surface area contributed by atoms with Crippen LogP contribution in [0.2, 0.25) is 0 Å². The summed E-state index contributed by atoms with van der Waals surface area (Å²) in [5, 5.41) is 8.39. The van der Waals surface area contributed by atoms with Gasteiger partial charge in [-0.25, -0.2) is 4.79 Å². The van der Waals surface area contributed by atoms with E-state index in [1.54, 1.807) is 0 Å². The van der Waals surface area contributed by atoms with Gasteiger partial charge >= 0.3 is 5.97 Å². The predicted molar refractivity (Wildman–Crippen MR) is 45.0 cm³/mol. The zero-order valence-corrected chi connectivity index (χ0v) is 7.45. The van der Waals surface area contributed by atoms with Crippen LogP contribution in [0.5, 0.6) is 0 Å². The summed E-state index contributed by atoms with van der Waals surface area (Å²) in [6.45, 7) is 2.05. The van der Waals surface area contributed by atoms with Gasteiger partial charge in [0.1, 0.15) is 6.61 Å². The van der Waals surface area contributed by atoms with E-state index >= 15 is 0 Å². The van der Waals surface area contributed by atoms with Gasteiger partial charge in [-0.05, 0) is 18.8 Å². The molecule has 12 heavy (non-hydrogen) atoms. The number of carboxylic acid groups (broad SMARTS) is 1. The zero-order chi connectivity index (χ0) is 8.97. The Kier molecular flexibility index (Phi) is 3.53. The molecule has 0 aromatic heterocycles. The fourth-order valence-electron chi connectivity index (χ4n) is 1.72. The van der Waals surface area contributed by atoms with Crippen LogP contribution in [0.3, 0.4) is 0 Å². The highest BCUT2D eigenvalue weighted by atomic mass is 16.5. The summed E-state index contributed by atoms with van der Waals surface area (Å²) < 4.78 is 5.22. The highest BCUT2D eigenvalue weighted by Gasteiger charge is 2.19. The first-order valence-corrected chi connectivity index (χ1v) is 4.52. The lowest BCUT2D eigenvalue weighted by Crippen LogP contribution is -2.24. The molecule has 0 aliphatic heterocycles. The lowest BCUT2D eigenvalue weighted by atomic mass is 9.89. The quantitative estimate of drug-likeness (QED) is 0.704. The molecular formula is C9H16O3. The third-order valence-electron chi connectivity index (χ3n) is 2.33. The van der Waals surface area contributed by atoms with Crippen LogP contribution < -0.4 is 0 Å².